The second-order valence-corrected chi connectivity index (χ2v) is 3.49. The highest BCUT2D eigenvalue weighted by Crippen LogP contribution is 1.95. The number of rotatable bonds is 7. The van der Waals surface area contributed by atoms with E-state index in [1.54, 1.807) is 6.92 Å². The monoisotopic (exact) mass is 209 g/mol. The van der Waals surface area contributed by atoms with Crippen LogP contribution in [0.2, 0.25) is 0 Å². The first-order valence-corrected chi connectivity index (χ1v) is 5.77. The number of likely N-dealkylation sites (N-methyl/N-ethyl adjacent to an activating group) is 1. The second kappa shape index (κ2) is 9.50. The Morgan fingerprint density at radius 2 is 1.67 bits per heavy atom. The number of hydrogen-bond donors (Lipinski definition) is 0. The zero-order valence-corrected chi connectivity index (χ0v) is 10.2. The molecule has 2 heteroatoms. The first kappa shape index (κ1) is 13.9. The Morgan fingerprint density at radius 1 is 1.07 bits per heavy atom. The predicted molar refractivity (Wildman–Crippen MR) is 65.7 cm³/mol. The summed E-state index contributed by atoms with van der Waals surface area (Å²) in [5.74, 6) is 0.146. The molecule has 0 aromatic carbocycles. The van der Waals surface area contributed by atoms with Gasteiger partial charge in [-0.15, -0.1) is 0 Å². The minimum Gasteiger partial charge on any atom is -0.340 e. The summed E-state index contributed by atoms with van der Waals surface area (Å²) in [6, 6.07) is 0. The third kappa shape index (κ3) is 7.98. The molecule has 0 atom stereocenters. The fourth-order valence-corrected chi connectivity index (χ4v) is 1.28. The topological polar surface area (TPSA) is 20.3 Å². The van der Waals surface area contributed by atoms with E-state index >= 15 is 0 Å². The SMILES string of the molecule is CCC=CCCC=CCN(CC)C(C)=O. The third-order valence-electron chi connectivity index (χ3n) is 2.22. The lowest BCUT2D eigenvalue weighted by molar-refractivity contribution is -0.128. The maximum absolute atomic E-state index is 11.1. The first-order valence-electron chi connectivity index (χ1n) is 5.77. The normalized spacial score (nSPS) is 11.4. The molecule has 0 aromatic heterocycles. The molecule has 0 aliphatic rings. The van der Waals surface area contributed by atoms with Gasteiger partial charge in [0.1, 0.15) is 0 Å². The van der Waals surface area contributed by atoms with Gasteiger partial charge >= 0.3 is 0 Å². The molecule has 0 radical (unpaired) electrons. The molecule has 0 saturated carbocycles. The standard InChI is InChI=1S/C13H23NO/c1-4-6-7-8-9-10-11-12-14(5-2)13(3)15/h6-7,10-11H,4-5,8-9,12H2,1-3H3. The smallest absolute Gasteiger partial charge is 0.219 e. The zero-order valence-electron chi connectivity index (χ0n) is 10.2. The van der Waals surface area contributed by atoms with Crippen LogP contribution in [0.4, 0.5) is 0 Å². The highest BCUT2D eigenvalue weighted by Gasteiger charge is 2.01. The molecule has 0 unspecified atom stereocenters. The Hall–Kier alpha value is -1.05. The Kier molecular flexibility index (Phi) is 8.84. The maximum atomic E-state index is 11.1. The third-order valence-corrected chi connectivity index (χ3v) is 2.22. The number of amides is 1. The molecule has 0 bridgehead atoms. The molecule has 0 rings (SSSR count). The quantitative estimate of drug-likeness (QED) is 0.466. The minimum absolute atomic E-state index is 0.146. The average Bonchev–Trinajstić information content (AvgIpc) is 2.21. The number of carbonyl (C=O) groups excluding carboxylic acids is 1. The van der Waals surface area contributed by atoms with Crippen LogP contribution in [-0.2, 0) is 4.79 Å². The Morgan fingerprint density at radius 3 is 2.13 bits per heavy atom. The summed E-state index contributed by atoms with van der Waals surface area (Å²) in [7, 11) is 0. The van der Waals surface area contributed by atoms with E-state index in [1.165, 1.54) is 0 Å². The van der Waals surface area contributed by atoms with Gasteiger partial charge in [-0.2, -0.15) is 0 Å². The molecule has 0 aromatic rings. The van der Waals surface area contributed by atoms with Crippen molar-refractivity contribution >= 4 is 5.91 Å². The summed E-state index contributed by atoms with van der Waals surface area (Å²) in [5, 5.41) is 0. The van der Waals surface area contributed by atoms with E-state index in [0.29, 0.717) is 0 Å². The fraction of sp³-hybridized carbons (Fsp3) is 0.615. The van der Waals surface area contributed by atoms with Gasteiger partial charge in [-0.3, -0.25) is 4.79 Å². The molecule has 1 amide bonds. The summed E-state index contributed by atoms with van der Waals surface area (Å²) >= 11 is 0. The van der Waals surface area contributed by atoms with E-state index in [4.69, 9.17) is 0 Å². The predicted octanol–water partition coefficient (Wildman–Crippen LogP) is 3.16. The second-order valence-electron chi connectivity index (χ2n) is 3.49. The largest absolute Gasteiger partial charge is 0.340 e. The van der Waals surface area contributed by atoms with Crippen molar-refractivity contribution in [2.24, 2.45) is 0 Å². The van der Waals surface area contributed by atoms with E-state index in [0.717, 1.165) is 32.4 Å². The molecule has 0 aliphatic heterocycles. The highest BCUT2D eigenvalue weighted by molar-refractivity contribution is 5.73. The molecule has 0 saturated heterocycles. The molecule has 15 heavy (non-hydrogen) atoms. The summed E-state index contributed by atoms with van der Waals surface area (Å²) < 4.78 is 0. The van der Waals surface area contributed by atoms with E-state index in [2.05, 4.69) is 31.2 Å². The van der Waals surface area contributed by atoms with Crippen LogP contribution in [0.3, 0.4) is 0 Å². The van der Waals surface area contributed by atoms with Crippen molar-refractivity contribution < 1.29 is 4.79 Å². The molecule has 0 aliphatic carbocycles. The van der Waals surface area contributed by atoms with Crippen molar-refractivity contribution in [1.29, 1.82) is 0 Å². The summed E-state index contributed by atoms with van der Waals surface area (Å²) in [5.41, 5.74) is 0. The van der Waals surface area contributed by atoms with E-state index in [9.17, 15) is 4.79 Å². The van der Waals surface area contributed by atoms with Gasteiger partial charge in [0.25, 0.3) is 0 Å². The molecule has 2 nitrogen and oxygen atoms in total. The van der Waals surface area contributed by atoms with E-state index in [1.807, 2.05) is 11.8 Å². The summed E-state index contributed by atoms with van der Waals surface area (Å²) in [6.45, 7) is 7.28. The van der Waals surface area contributed by atoms with Gasteiger partial charge in [-0.05, 0) is 26.2 Å². The van der Waals surface area contributed by atoms with Crippen LogP contribution >= 0.6 is 0 Å². The lowest BCUT2D eigenvalue weighted by atomic mass is 10.2. The van der Waals surface area contributed by atoms with Gasteiger partial charge < -0.3 is 4.90 Å². The van der Waals surface area contributed by atoms with Crippen LogP contribution in [0.5, 0.6) is 0 Å². The van der Waals surface area contributed by atoms with Crippen LogP contribution in [0.25, 0.3) is 0 Å². The fourth-order valence-electron chi connectivity index (χ4n) is 1.28. The maximum Gasteiger partial charge on any atom is 0.219 e. The molecule has 0 heterocycles. The number of nitrogens with zero attached hydrogens (tertiary/aromatic N) is 1. The van der Waals surface area contributed by atoms with Crippen molar-refractivity contribution in [1.82, 2.24) is 4.90 Å². The number of allylic oxidation sites excluding steroid dienone is 3. The summed E-state index contributed by atoms with van der Waals surface area (Å²) in [4.78, 5) is 12.9. The van der Waals surface area contributed by atoms with E-state index in [-0.39, 0.29) is 5.91 Å². The van der Waals surface area contributed by atoms with Crippen molar-refractivity contribution in [3.63, 3.8) is 0 Å². The van der Waals surface area contributed by atoms with Crippen LogP contribution in [0.15, 0.2) is 24.3 Å². The van der Waals surface area contributed by atoms with Gasteiger partial charge in [0.15, 0.2) is 0 Å². The molecule has 0 fully saturated rings. The number of carbonyl (C=O) groups is 1. The number of unbranched alkanes of at least 4 members (excludes halogenated alkanes) is 1. The molecule has 0 spiro atoms. The van der Waals surface area contributed by atoms with Crippen LogP contribution in [0.1, 0.15) is 40.0 Å². The van der Waals surface area contributed by atoms with Crippen molar-refractivity contribution in [3.8, 4) is 0 Å². The Balaban J connectivity index is 3.60. The van der Waals surface area contributed by atoms with Crippen LogP contribution in [-0.4, -0.2) is 23.9 Å². The van der Waals surface area contributed by atoms with Gasteiger partial charge in [-0.25, -0.2) is 0 Å². The highest BCUT2D eigenvalue weighted by atomic mass is 16.2. The Labute approximate surface area is 93.7 Å². The van der Waals surface area contributed by atoms with Crippen molar-refractivity contribution in [2.45, 2.75) is 40.0 Å². The van der Waals surface area contributed by atoms with Gasteiger partial charge in [0.05, 0.1) is 0 Å². The van der Waals surface area contributed by atoms with Crippen molar-refractivity contribution in [2.75, 3.05) is 13.1 Å². The van der Waals surface area contributed by atoms with Gasteiger partial charge in [-0.1, -0.05) is 31.2 Å². The summed E-state index contributed by atoms with van der Waals surface area (Å²) in [6.07, 6.45) is 11.9. The first-order chi connectivity index (χ1) is 7.22. The number of hydrogen-bond acceptors (Lipinski definition) is 1. The molecular weight excluding hydrogens is 186 g/mol. The van der Waals surface area contributed by atoms with Gasteiger partial charge in [0.2, 0.25) is 5.91 Å². The lowest BCUT2D eigenvalue weighted by Gasteiger charge is -2.15. The van der Waals surface area contributed by atoms with Crippen molar-refractivity contribution in [3.05, 3.63) is 24.3 Å². The van der Waals surface area contributed by atoms with Crippen LogP contribution in [0, 0.1) is 0 Å². The van der Waals surface area contributed by atoms with E-state index < -0.39 is 0 Å². The van der Waals surface area contributed by atoms with Crippen LogP contribution < -0.4 is 0 Å². The molecular formula is C13H23NO. The molecule has 0 N–H and O–H groups in total. The minimum atomic E-state index is 0.146. The Bertz CT molecular complexity index is 219. The van der Waals surface area contributed by atoms with Gasteiger partial charge in [0, 0.05) is 20.0 Å². The zero-order chi connectivity index (χ0) is 11.5. The lowest BCUT2D eigenvalue weighted by Crippen LogP contribution is -2.28. The molecule has 86 valence electrons. The average molecular weight is 209 g/mol.